The van der Waals surface area contributed by atoms with Crippen LogP contribution in [0.5, 0.6) is 0 Å². The predicted octanol–water partition coefficient (Wildman–Crippen LogP) is 4.39. The molecule has 1 aromatic carbocycles. The van der Waals surface area contributed by atoms with E-state index in [2.05, 4.69) is 0 Å². The molecule has 2 nitrogen and oxygen atoms in total. The molecule has 0 saturated heterocycles. The molecule has 0 unspecified atom stereocenters. The van der Waals surface area contributed by atoms with Crippen LogP contribution in [0.3, 0.4) is 0 Å². The summed E-state index contributed by atoms with van der Waals surface area (Å²) in [4.78, 5) is 11.5. The second-order valence-electron chi connectivity index (χ2n) is 3.95. The maximum Gasteiger partial charge on any atom is 0.392 e. The van der Waals surface area contributed by atoms with Gasteiger partial charge in [-0.1, -0.05) is 36.4 Å². The van der Waals surface area contributed by atoms with Crippen LogP contribution in [0.25, 0.3) is 6.08 Å². The average molecular weight is 284 g/mol. The van der Waals surface area contributed by atoms with Gasteiger partial charge in [-0.3, -0.25) is 0 Å². The van der Waals surface area contributed by atoms with Gasteiger partial charge in [0, 0.05) is 0 Å². The number of ether oxygens (including phenoxy) is 1. The minimum atomic E-state index is -4.19. The molecule has 0 amide bonds. The van der Waals surface area contributed by atoms with Gasteiger partial charge in [0.1, 0.15) is 0 Å². The molecule has 0 radical (unpaired) electrons. The Morgan fingerprint density at radius 2 is 2.05 bits per heavy atom. The minimum absolute atomic E-state index is 0.291. The summed E-state index contributed by atoms with van der Waals surface area (Å²) in [6.07, 6.45) is 0.330. The highest BCUT2D eigenvalue weighted by molar-refractivity contribution is 5.90. The third kappa shape index (κ3) is 6.22. The fraction of sp³-hybridized carbons (Fsp3) is 0.267. The zero-order valence-corrected chi connectivity index (χ0v) is 11.0. The predicted molar refractivity (Wildman–Crippen MR) is 71.2 cm³/mol. The molecule has 0 heterocycles. The maximum atomic E-state index is 11.9. The topological polar surface area (TPSA) is 26.3 Å². The Hall–Kier alpha value is -2.04. The van der Waals surface area contributed by atoms with Gasteiger partial charge in [-0.15, -0.1) is 0 Å². The minimum Gasteiger partial charge on any atom is -0.462 e. The molecule has 0 bridgehead atoms. The SMILES string of the molecule is CCOC(=O)c1cccc(/C=C/C=C/CC(F)(F)F)c1. The molecule has 0 fully saturated rings. The number of allylic oxidation sites excluding steroid dienone is 3. The van der Waals surface area contributed by atoms with E-state index in [1.54, 1.807) is 37.3 Å². The Balaban J connectivity index is 2.64. The van der Waals surface area contributed by atoms with Crippen molar-refractivity contribution in [3.63, 3.8) is 0 Å². The van der Waals surface area contributed by atoms with Crippen molar-refractivity contribution in [1.29, 1.82) is 0 Å². The molecule has 5 heteroatoms. The quantitative estimate of drug-likeness (QED) is 0.592. The lowest BCUT2D eigenvalue weighted by Gasteiger charge is -2.02. The molecule has 0 aliphatic carbocycles. The van der Waals surface area contributed by atoms with E-state index < -0.39 is 18.6 Å². The van der Waals surface area contributed by atoms with E-state index in [0.717, 1.165) is 6.08 Å². The van der Waals surface area contributed by atoms with Gasteiger partial charge in [-0.2, -0.15) is 13.2 Å². The van der Waals surface area contributed by atoms with E-state index in [-0.39, 0.29) is 0 Å². The lowest BCUT2D eigenvalue weighted by atomic mass is 10.1. The molecule has 0 saturated carbocycles. The number of esters is 1. The summed E-state index contributed by atoms with van der Waals surface area (Å²) in [5.74, 6) is -0.421. The summed E-state index contributed by atoms with van der Waals surface area (Å²) in [6.45, 7) is 2.01. The van der Waals surface area contributed by atoms with Gasteiger partial charge in [0.05, 0.1) is 18.6 Å². The number of benzene rings is 1. The van der Waals surface area contributed by atoms with Crippen molar-refractivity contribution in [2.75, 3.05) is 6.61 Å². The Bertz CT molecular complexity index is 502. The van der Waals surface area contributed by atoms with Crippen molar-refractivity contribution in [3.05, 3.63) is 53.6 Å². The van der Waals surface area contributed by atoms with Gasteiger partial charge in [-0.05, 0) is 24.6 Å². The van der Waals surface area contributed by atoms with E-state index in [0.29, 0.717) is 17.7 Å². The van der Waals surface area contributed by atoms with Crippen LogP contribution in [0.15, 0.2) is 42.5 Å². The molecule has 0 N–H and O–H groups in total. The first-order valence-electron chi connectivity index (χ1n) is 6.09. The number of alkyl halides is 3. The van der Waals surface area contributed by atoms with Crippen molar-refractivity contribution < 1.29 is 22.7 Å². The maximum absolute atomic E-state index is 11.9. The third-order valence-corrected chi connectivity index (χ3v) is 2.28. The van der Waals surface area contributed by atoms with Crippen LogP contribution >= 0.6 is 0 Å². The summed E-state index contributed by atoms with van der Waals surface area (Å²) >= 11 is 0. The number of hydrogen-bond donors (Lipinski definition) is 0. The Morgan fingerprint density at radius 3 is 2.70 bits per heavy atom. The Labute approximate surface area is 115 Å². The van der Waals surface area contributed by atoms with Gasteiger partial charge in [-0.25, -0.2) is 4.79 Å². The number of hydrogen-bond acceptors (Lipinski definition) is 2. The van der Waals surface area contributed by atoms with Gasteiger partial charge in [0.25, 0.3) is 0 Å². The standard InChI is InChI=1S/C15H15F3O2/c1-2-20-14(19)13-9-6-8-12(11-13)7-4-3-5-10-15(16,17)18/h3-9,11H,2,10H2,1H3/b5-3+,7-4+. The van der Waals surface area contributed by atoms with E-state index in [1.165, 1.54) is 12.2 Å². The third-order valence-electron chi connectivity index (χ3n) is 2.28. The largest absolute Gasteiger partial charge is 0.462 e. The first kappa shape index (κ1) is 16.0. The molecular weight excluding hydrogens is 269 g/mol. The average Bonchev–Trinajstić information content (AvgIpc) is 2.37. The Kier molecular flexibility index (Phi) is 6.03. The molecule has 0 spiro atoms. The van der Waals surface area contributed by atoms with Crippen LogP contribution in [0.1, 0.15) is 29.3 Å². The fourth-order valence-corrected chi connectivity index (χ4v) is 1.43. The van der Waals surface area contributed by atoms with Crippen LogP contribution in [-0.2, 0) is 4.74 Å². The van der Waals surface area contributed by atoms with Crippen LogP contribution in [-0.4, -0.2) is 18.8 Å². The second-order valence-corrected chi connectivity index (χ2v) is 3.95. The van der Waals surface area contributed by atoms with Gasteiger partial charge in [0.2, 0.25) is 0 Å². The summed E-state index contributed by atoms with van der Waals surface area (Å²) in [5.41, 5.74) is 1.13. The normalized spacial score (nSPS) is 12.2. The zero-order chi connectivity index (χ0) is 15.0. The molecular formula is C15H15F3O2. The highest BCUT2D eigenvalue weighted by Crippen LogP contribution is 2.19. The second kappa shape index (κ2) is 7.53. The van der Waals surface area contributed by atoms with Crippen molar-refractivity contribution in [2.24, 2.45) is 0 Å². The number of carbonyl (C=O) groups is 1. The Morgan fingerprint density at radius 1 is 1.30 bits per heavy atom. The molecule has 0 aromatic heterocycles. The van der Waals surface area contributed by atoms with Crippen molar-refractivity contribution >= 4 is 12.0 Å². The molecule has 20 heavy (non-hydrogen) atoms. The summed E-state index contributed by atoms with van der Waals surface area (Å²) in [7, 11) is 0. The van der Waals surface area contributed by atoms with E-state index in [9.17, 15) is 18.0 Å². The van der Waals surface area contributed by atoms with Gasteiger partial charge >= 0.3 is 12.1 Å². The van der Waals surface area contributed by atoms with E-state index in [1.807, 2.05) is 0 Å². The number of carbonyl (C=O) groups excluding carboxylic acids is 1. The van der Waals surface area contributed by atoms with Crippen molar-refractivity contribution in [2.45, 2.75) is 19.5 Å². The van der Waals surface area contributed by atoms with Crippen LogP contribution in [0, 0.1) is 0 Å². The van der Waals surface area contributed by atoms with E-state index in [4.69, 9.17) is 4.74 Å². The van der Waals surface area contributed by atoms with Crippen molar-refractivity contribution in [1.82, 2.24) is 0 Å². The first-order valence-corrected chi connectivity index (χ1v) is 6.09. The number of halogens is 3. The molecule has 0 aliphatic rings. The summed E-state index contributed by atoms with van der Waals surface area (Å²) in [6, 6.07) is 6.67. The van der Waals surface area contributed by atoms with Crippen molar-refractivity contribution in [3.8, 4) is 0 Å². The highest BCUT2D eigenvalue weighted by Gasteiger charge is 2.24. The zero-order valence-electron chi connectivity index (χ0n) is 11.0. The molecule has 0 aliphatic heterocycles. The molecule has 0 atom stereocenters. The number of rotatable bonds is 5. The van der Waals surface area contributed by atoms with Crippen LogP contribution in [0.4, 0.5) is 13.2 Å². The summed E-state index contributed by atoms with van der Waals surface area (Å²) < 4.78 is 40.5. The molecule has 1 aromatic rings. The summed E-state index contributed by atoms with van der Waals surface area (Å²) in [5, 5.41) is 0. The molecule has 108 valence electrons. The smallest absolute Gasteiger partial charge is 0.392 e. The lowest BCUT2D eigenvalue weighted by Crippen LogP contribution is -2.04. The lowest BCUT2D eigenvalue weighted by molar-refractivity contribution is -0.125. The first-order chi connectivity index (χ1) is 9.42. The highest BCUT2D eigenvalue weighted by atomic mass is 19.4. The monoisotopic (exact) mass is 284 g/mol. The fourth-order valence-electron chi connectivity index (χ4n) is 1.43. The van der Waals surface area contributed by atoms with Crippen LogP contribution in [0.2, 0.25) is 0 Å². The van der Waals surface area contributed by atoms with Crippen LogP contribution < -0.4 is 0 Å². The van der Waals surface area contributed by atoms with Gasteiger partial charge < -0.3 is 4.74 Å². The van der Waals surface area contributed by atoms with Gasteiger partial charge in [0.15, 0.2) is 0 Å². The molecule has 1 rings (SSSR count). The van der Waals surface area contributed by atoms with E-state index >= 15 is 0 Å².